The second-order valence-corrected chi connectivity index (χ2v) is 20.5. The number of benzene rings is 4. The van der Waals surface area contributed by atoms with Crippen molar-refractivity contribution >= 4 is 56.3 Å². The topological polar surface area (TPSA) is 249 Å². The van der Waals surface area contributed by atoms with Crippen molar-refractivity contribution in [2.24, 2.45) is 0 Å². The number of H-pyrrole nitrogens is 2. The predicted molar refractivity (Wildman–Crippen MR) is 316 cm³/mol. The Bertz CT molecular complexity index is 4110. The summed E-state index contributed by atoms with van der Waals surface area (Å²) in [5.41, 5.74) is 4.90. The van der Waals surface area contributed by atoms with Crippen LogP contribution in [0.3, 0.4) is 0 Å². The first-order valence-electron chi connectivity index (χ1n) is 27.6. The fourth-order valence-electron chi connectivity index (χ4n) is 11.0. The van der Waals surface area contributed by atoms with Crippen LogP contribution in [0.15, 0.2) is 153 Å². The lowest BCUT2D eigenvalue weighted by atomic mass is 9.98. The molecule has 0 saturated carbocycles. The van der Waals surface area contributed by atoms with E-state index < -0.39 is 47.5 Å². The second kappa shape index (κ2) is 24.5. The number of aromatic nitrogens is 6. The summed E-state index contributed by atoms with van der Waals surface area (Å²) in [5, 5.41) is 18.5. The largest absolute Gasteiger partial charge is 0.494 e. The van der Waals surface area contributed by atoms with Crippen LogP contribution < -0.4 is 32.0 Å². The van der Waals surface area contributed by atoms with Gasteiger partial charge in [-0.15, -0.1) is 0 Å². The molecule has 0 aliphatic carbocycles. The van der Waals surface area contributed by atoms with Gasteiger partial charge in [0.2, 0.25) is 0 Å². The number of hydrogen-bond acceptors (Lipinski definition) is 11. The molecule has 0 atom stereocenters. The molecule has 6 aromatic heterocycles. The summed E-state index contributed by atoms with van der Waals surface area (Å²) in [7, 11) is 0. The number of aliphatic carboxylic acids is 2. The zero-order chi connectivity index (χ0) is 58.5. The summed E-state index contributed by atoms with van der Waals surface area (Å²) < 4.78 is 17.5. The molecular formula is C64H61N7O12. The van der Waals surface area contributed by atoms with Gasteiger partial charge in [-0.25, -0.2) is 18.7 Å². The van der Waals surface area contributed by atoms with Crippen molar-refractivity contribution in [1.29, 1.82) is 0 Å². The lowest BCUT2D eigenvalue weighted by Crippen LogP contribution is -2.37. The first kappa shape index (κ1) is 56.4. The molecule has 19 nitrogen and oxygen atoms in total. The average molecular weight is 1120 g/mol. The Hall–Kier alpha value is -9.88. The number of aromatic amines is 2. The van der Waals surface area contributed by atoms with Gasteiger partial charge in [-0.2, -0.15) is 0 Å². The summed E-state index contributed by atoms with van der Waals surface area (Å²) in [4.78, 5) is 110. The van der Waals surface area contributed by atoms with Crippen LogP contribution in [-0.4, -0.2) is 99.4 Å². The highest BCUT2D eigenvalue weighted by molar-refractivity contribution is 6.17. The first-order valence-corrected chi connectivity index (χ1v) is 27.6. The molecule has 6 heterocycles. The Balaban J connectivity index is 0.665. The van der Waals surface area contributed by atoms with E-state index in [9.17, 15) is 38.4 Å². The van der Waals surface area contributed by atoms with Crippen molar-refractivity contribution in [2.75, 3.05) is 32.8 Å². The average Bonchev–Trinajstić information content (AvgIpc) is 3.06. The molecule has 83 heavy (non-hydrogen) atoms. The summed E-state index contributed by atoms with van der Waals surface area (Å²) in [6.07, 6.45) is 9.83. The van der Waals surface area contributed by atoms with Gasteiger partial charge in [-0.3, -0.25) is 28.8 Å². The molecule has 0 spiro atoms. The molecule has 0 aliphatic heterocycles. The van der Waals surface area contributed by atoms with Crippen LogP contribution in [0.1, 0.15) is 88.4 Å². The maximum atomic E-state index is 14.2. The molecule has 424 valence electrons. The third-order valence-electron chi connectivity index (χ3n) is 15.2. The summed E-state index contributed by atoms with van der Waals surface area (Å²) in [6.45, 7) is 8.59. The Morgan fingerprint density at radius 1 is 0.518 bits per heavy atom. The molecule has 0 bridgehead atoms. The van der Waals surface area contributed by atoms with Gasteiger partial charge >= 0.3 is 23.3 Å². The molecule has 0 radical (unpaired) electrons. The van der Waals surface area contributed by atoms with E-state index in [0.717, 1.165) is 103 Å². The molecule has 10 rings (SSSR count). The summed E-state index contributed by atoms with van der Waals surface area (Å²) >= 11 is 0. The highest BCUT2D eigenvalue weighted by Crippen LogP contribution is 2.36. The van der Waals surface area contributed by atoms with Crippen molar-refractivity contribution in [1.82, 2.24) is 32.8 Å². The molecule has 4 N–H and O–H groups in total. The van der Waals surface area contributed by atoms with Gasteiger partial charge in [0.05, 0.1) is 68.6 Å². The van der Waals surface area contributed by atoms with Crippen LogP contribution in [0.5, 0.6) is 11.5 Å². The van der Waals surface area contributed by atoms with E-state index in [-0.39, 0.29) is 44.5 Å². The van der Waals surface area contributed by atoms with Crippen LogP contribution >= 0.6 is 0 Å². The predicted octanol–water partition coefficient (Wildman–Crippen LogP) is 8.90. The minimum Gasteiger partial charge on any atom is -0.494 e. The van der Waals surface area contributed by atoms with E-state index in [4.69, 9.17) is 19.7 Å². The Morgan fingerprint density at radius 3 is 1.31 bits per heavy atom. The van der Waals surface area contributed by atoms with Crippen LogP contribution in [0.25, 0.3) is 55.4 Å². The number of carbonyl (C=O) groups is 4. The fourth-order valence-corrected chi connectivity index (χ4v) is 11.0. The minimum absolute atomic E-state index is 0.0958. The van der Waals surface area contributed by atoms with E-state index >= 15 is 0 Å². The molecule has 0 fully saturated rings. The maximum absolute atomic E-state index is 14.2. The van der Waals surface area contributed by atoms with E-state index in [2.05, 4.69) is 21.8 Å². The Morgan fingerprint density at radius 2 is 0.928 bits per heavy atom. The number of ketones is 2. The minimum atomic E-state index is -1.32. The SMILES string of the molecule is CCN(CCCCCOc1ccc(-c2c(C)c(C(=O)c3ccc4c(=O)n(CC(=O)O)c(=O)[nH]c4c3)c3ccccn23)cc1)CCCCCOc1ccc(-c2c(C)c(C(=O)c3ccc4c(=O)n(CC(=O)O)c(=O)[nH]c4c3)c3ccccn23)cc1. The number of pyridine rings is 2. The number of nitrogens with one attached hydrogen (secondary N) is 2. The number of fused-ring (bicyclic) bond motifs is 4. The fraction of sp³-hybridized carbons (Fsp3) is 0.250. The molecule has 0 aliphatic rings. The number of unbranched alkanes of at least 4 members (excludes halogenated alkanes) is 4. The number of carbonyl (C=O) groups excluding carboxylic acids is 2. The zero-order valence-electron chi connectivity index (χ0n) is 46.1. The van der Waals surface area contributed by atoms with Gasteiger partial charge in [0.15, 0.2) is 11.6 Å². The molecule has 0 saturated heterocycles. The van der Waals surface area contributed by atoms with E-state index in [1.54, 1.807) is 0 Å². The number of ether oxygens (including phenoxy) is 2. The van der Waals surface area contributed by atoms with Gasteiger partial charge in [0.1, 0.15) is 24.6 Å². The summed E-state index contributed by atoms with van der Waals surface area (Å²) in [5.74, 6) is -1.74. The van der Waals surface area contributed by atoms with Crippen molar-refractivity contribution < 1.29 is 38.9 Å². The number of carboxylic acids is 2. The standard InChI is InChI=1S/C64H61N7O12/c1-4-67(29-9-5-13-33-82-45-23-17-41(18-24-45)57-39(2)55(51-15-7-11-31-68(51)57)59(76)43-21-27-47-49(35-43)65-63(80)70(61(47)78)37-53(72)73)30-10-6-14-34-83-46-25-19-42(20-26-46)58-40(3)56(52-16-8-12-32-69(52)58)60(77)44-22-28-48-50(36-44)66-64(81)71(62(48)79)38-54(74)75/h7-8,11-12,15-28,31-32,35-36H,4-6,9-10,13-14,29-30,33-34,37-38H2,1-3H3,(H,65,80)(H,66,81)(H,72,73)(H,74,75). The normalized spacial score (nSPS) is 11.6. The van der Waals surface area contributed by atoms with Crippen LogP contribution in [0.2, 0.25) is 0 Å². The van der Waals surface area contributed by atoms with E-state index in [1.807, 2.05) is 120 Å². The molecular weight excluding hydrogens is 1060 g/mol. The van der Waals surface area contributed by atoms with Crippen molar-refractivity contribution in [2.45, 2.75) is 72.4 Å². The number of carboxylic acid groups (broad SMARTS) is 2. The zero-order valence-corrected chi connectivity index (χ0v) is 46.1. The van der Waals surface area contributed by atoms with Crippen LogP contribution in [-0.2, 0) is 22.7 Å². The van der Waals surface area contributed by atoms with Crippen molar-refractivity contribution in [3.63, 3.8) is 0 Å². The molecule has 0 amide bonds. The van der Waals surface area contributed by atoms with Crippen molar-refractivity contribution in [3.8, 4) is 34.0 Å². The van der Waals surface area contributed by atoms with E-state index in [0.29, 0.717) is 44.5 Å². The number of rotatable bonds is 25. The lowest BCUT2D eigenvalue weighted by Gasteiger charge is -2.20. The Labute approximate surface area is 474 Å². The third kappa shape index (κ3) is 11.7. The summed E-state index contributed by atoms with van der Waals surface area (Å²) in [6, 6.07) is 35.7. The number of hydrogen-bond donors (Lipinski definition) is 4. The van der Waals surface area contributed by atoms with Crippen molar-refractivity contribution in [3.05, 3.63) is 209 Å². The maximum Gasteiger partial charge on any atom is 0.329 e. The highest BCUT2D eigenvalue weighted by atomic mass is 16.5. The molecule has 10 aromatic rings. The van der Waals surface area contributed by atoms with Gasteiger partial charge in [-0.05, 0) is 191 Å². The second-order valence-electron chi connectivity index (χ2n) is 20.5. The monoisotopic (exact) mass is 1120 g/mol. The van der Waals surface area contributed by atoms with Crippen LogP contribution in [0.4, 0.5) is 0 Å². The number of nitrogens with zero attached hydrogens (tertiary/aromatic N) is 5. The van der Waals surface area contributed by atoms with Gasteiger partial charge in [-0.1, -0.05) is 31.2 Å². The highest BCUT2D eigenvalue weighted by Gasteiger charge is 2.26. The Kier molecular flexibility index (Phi) is 16.6. The van der Waals surface area contributed by atoms with E-state index in [1.165, 1.54) is 36.4 Å². The smallest absolute Gasteiger partial charge is 0.329 e. The van der Waals surface area contributed by atoms with Gasteiger partial charge in [0.25, 0.3) is 11.1 Å². The molecule has 0 unspecified atom stereocenters. The molecule has 4 aromatic carbocycles. The molecule has 19 heteroatoms. The van der Waals surface area contributed by atoms with Crippen LogP contribution in [0, 0.1) is 13.8 Å². The lowest BCUT2D eigenvalue weighted by molar-refractivity contribution is -0.138. The third-order valence-corrected chi connectivity index (χ3v) is 15.2. The quantitative estimate of drug-likeness (QED) is 0.0309. The first-order chi connectivity index (χ1) is 40.1. The van der Waals surface area contributed by atoms with Gasteiger partial charge < -0.3 is 43.4 Å². The van der Waals surface area contributed by atoms with Gasteiger partial charge in [0, 0.05) is 23.5 Å².